The molecule has 2 aromatic rings. The molecule has 0 saturated carbocycles. The van der Waals surface area contributed by atoms with E-state index in [2.05, 4.69) is 0 Å². The van der Waals surface area contributed by atoms with Gasteiger partial charge in [0.05, 0.1) is 12.7 Å². The average Bonchev–Trinajstić information content (AvgIpc) is 2.69. The number of rotatable bonds is 3. The van der Waals surface area contributed by atoms with Gasteiger partial charge in [0, 0.05) is 24.3 Å². The van der Waals surface area contributed by atoms with Crippen molar-refractivity contribution in [2.45, 2.75) is 19.1 Å². The first-order valence-corrected chi connectivity index (χ1v) is 8.66. The molecule has 1 saturated heterocycles. The molecular formula is C20H19F3N2O3. The van der Waals surface area contributed by atoms with E-state index in [1.54, 1.807) is 43.2 Å². The molecule has 1 unspecified atom stereocenters. The second kappa shape index (κ2) is 7.53. The van der Waals surface area contributed by atoms with Crippen molar-refractivity contribution >= 4 is 17.5 Å². The van der Waals surface area contributed by atoms with Gasteiger partial charge in [-0.3, -0.25) is 9.59 Å². The number of methoxy groups -OCH3 is 1. The van der Waals surface area contributed by atoms with Crippen LogP contribution in [-0.4, -0.2) is 43.0 Å². The average molecular weight is 392 g/mol. The number of amides is 2. The molecule has 148 valence electrons. The number of ether oxygens (including phenoxy) is 1. The fourth-order valence-corrected chi connectivity index (χ4v) is 3.13. The minimum Gasteiger partial charge on any atom is -0.497 e. The first-order valence-electron chi connectivity index (χ1n) is 8.66. The van der Waals surface area contributed by atoms with E-state index in [-0.39, 0.29) is 18.0 Å². The number of carbonyl (C=O) groups excluding carboxylic acids is 2. The standard InChI is InChI=1S/C20H19F3N2O3/c1-13-18(26)25(16-7-9-17(28-2)10-8-16)12-11-24(13)19(27)14-3-5-15(6-4-14)20(21,22)23/h3-10,13H,11-12H2,1-2H3. The van der Waals surface area contributed by atoms with E-state index in [9.17, 15) is 22.8 Å². The number of hydrogen-bond acceptors (Lipinski definition) is 3. The number of nitrogens with zero attached hydrogens (tertiary/aromatic N) is 2. The third-order valence-electron chi connectivity index (χ3n) is 4.76. The zero-order chi connectivity index (χ0) is 20.5. The van der Waals surface area contributed by atoms with Crippen LogP contribution in [0.5, 0.6) is 5.75 Å². The second-order valence-electron chi connectivity index (χ2n) is 6.44. The fraction of sp³-hybridized carbons (Fsp3) is 0.300. The number of hydrogen-bond donors (Lipinski definition) is 0. The highest BCUT2D eigenvalue weighted by Crippen LogP contribution is 2.30. The van der Waals surface area contributed by atoms with E-state index in [1.165, 1.54) is 4.90 Å². The van der Waals surface area contributed by atoms with Crippen molar-refractivity contribution in [2.75, 3.05) is 25.1 Å². The Labute approximate surface area is 160 Å². The minimum atomic E-state index is -4.46. The lowest BCUT2D eigenvalue weighted by Crippen LogP contribution is -2.57. The molecule has 2 amide bonds. The van der Waals surface area contributed by atoms with Gasteiger partial charge in [0.15, 0.2) is 0 Å². The Morgan fingerprint density at radius 1 is 1.04 bits per heavy atom. The Balaban J connectivity index is 1.74. The van der Waals surface area contributed by atoms with Crippen LogP contribution in [0.2, 0.25) is 0 Å². The highest BCUT2D eigenvalue weighted by atomic mass is 19.4. The highest BCUT2D eigenvalue weighted by Gasteiger charge is 2.36. The number of halogens is 3. The maximum Gasteiger partial charge on any atom is 0.416 e. The Hall–Kier alpha value is -3.03. The zero-order valence-electron chi connectivity index (χ0n) is 15.4. The van der Waals surface area contributed by atoms with E-state index < -0.39 is 23.7 Å². The number of benzene rings is 2. The molecule has 3 rings (SSSR count). The van der Waals surface area contributed by atoms with Crippen LogP contribution >= 0.6 is 0 Å². The molecule has 8 heteroatoms. The molecule has 1 aliphatic heterocycles. The van der Waals surface area contributed by atoms with Crippen LogP contribution in [0.25, 0.3) is 0 Å². The van der Waals surface area contributed by atoms with Crippen LogP contribution in [0.3, 0.4) is 0 Å². The number of anilines is 1. The van der Waals surface area contributed by atoms with Gasteiger partial charge in [0.25, 0.3) is 5.91 Å². The van der Waals surface area contributed by atoms with E-state index in [0.29, 0.717) is 18.0 Å². The summed E-state index contributed by atoms with van der Waals surface area (Å²) in [6, 6.07) is 10.3. The van der Waals surface area contributed by atoms with Gasteiger partial charge in [-0.2, -0.15) is 13.2 Å². The van der Waals surface area contributed by atoms with Crippen molar-refractivity contribution in [1.29, 1.82) is 0 Å². The van der Waals surface area contributed by atoms with E-state index in [0.717, 1.165) is 24.3 Å². The predicted octanol–water partition coefficient (Wildman–Crippen LogP) is 3.59. The second-order valence-corrected chi connectivity index (χ2v) is 6.44. The molecule has 1 aliphatic rings. The Morgan fingerprint density at radius 2 is 1.64 bits per heavy atom. The molecule has 2 aromatic carbocycles. The number of alkyl halides is 3. The van der Waals surface area contributed by atoms with Crippen LogP contribution in [0.1, 0.15) is 22.8 Å². The summed E-state index contributed by atoms with van der Waals surface area (Å²) < 4.78 is 43.2. The number of piperazine rings is 1. The maximum atomic E-state index is 12.8. The smallest absolute Gasteiger partial charge is 0.416 e. The molecule has 1 atom stereocenters. The molecule has 5 nitrogen and oxygen atoms in total. The normalized spacial score (nSPS) is 17.6. The summed E-state index contributed by atoms with van der Waals surface area (Å²) in [5, 5.41) is 0. The van der Waals surface area contributed by atoms with Crippen molar-refractivity contribution in [3.8, 4) is 5.75 Å². The molecule has 0 spiro atoms. The third-order valence-corrected chi connectivity index (χ3v) is 4.76. The van der Waals surface area contributed by atoms with Gasteiger partial charge in [-0.05, 0) is 55.5 Å². The molecule has 0 bridgehead atoms. The SMILES string of the molecule is COc1ccc(N2CCN(C(=O)c3ccc(C(F)(F)F)cc3)C(C)C2=O)cc1. The lowest BCUT2D eigenvalue weighted by molar-refractivity contribution is -0.137. The molecule has 0 N–H and O–H groups in total. The lowest BCUT2D eigenvalue weighted by Gasteiger charge is -2.39. The van der Waals surface area contributed by atoms with Crippen molar-refractivity contribution in [2.24, 2.45) is 0 Å². The highest BCUT2D eigenvalue weighted by molar-refractivity contribution is 6.03. The van der Waals surface area contributed by atoms with Gasteiger partial charge in [-0.1, -0.05) is 0 Å². The molecule has 0 aromatic heterocycles. The van der Waals surface area contributed by atoms with Gasteiger partial charge in [-0.15, -0.1) is 0 Å². The molecule has 1 fully saturated rings. The molecule has 0 aliphatic carbocycles. The minimum absolute atomic E-state index is 0.116. The maximum absolute atomic E-state index is 12.8. The summed E-state index contributed by atoms with van der Waals surface area (Å²) in [5.41, 5.74) is -0.0117. The summed E-state index contributed by atoms with van der Waals surface area (Å²) in [6.07, 6.45) is -4.46. The molecule has 28 heavy (non-hydrogen) atoms. The van der Waals surface area contributed by atoms with Crippen molar-refractivity contribution in [3.05, 3.63) is 59.7 Å². The summed E-state index contributed by atoms with van der Waals surface area (Å²) in [4.78, 5) is 28.4. The third kappa shape index (κ3) is 3.81. The van der Waals surface area contributed by atoms with Crippen LogP contribution in [-0.2, 0) is 11.0 Å². The van der Waals surface area contributed by atoms with E-state index in [4.69, 9.17) is 4.74 Å². The van der Waals surface area contributed by atoms with Crippen LogP contribution in [0, 0.1) is 0 Å². The zero-order valence-corrected chi connectivity index (χ0v) is 15.4. The van der Waals surface area contributed by atoms with Gasteiger partial charge in [0.2, 0.25) is 5.91 Å². The van der Waals surface area contributed by atoms with Crippen molar-refractivity contribution < 1.29 is 27.5 Å². The monoisotopic (exact) mass is 392 g/mol. The summed E-state index contributed by atoms with van der Waals surface area (Å²) >= 11 is 0. The summed E-state index contributed by atoms with van der Waals surface area (Å²) in [5.74, 6) is -0.0546. The van der Waals surface area contributed by atoms with E-state index >= 15 is 0 Å². The largest absolute Gasteiger partial charge is 0.497 e. The molecular weight excluding hydrogens is 373 g/mol. The van der Waals surface area contributed by atoms with Gasteiger partial charge in [0.1, 0.15) is 11.8 Å². The Bertz CT molecular complexity index is 864. The fourth-order valence-electron chi connectivity index (χ4n) is 3.13. The van der Waals surface area contributed by atoms with Crippen LogP contribution in [0.4, 0.5) is 18.9 Å². The summed E-state index contributed by atoms with van der Waals surface area (Å²) in [7, 11) is 1.55. The van der Waals surface area contributed by atoms with Gasteiger partial charge in [-0.25, -0.2) is 0 Å². The molecule has 0 radical (unpaired) electrons. The van der Waals surface area contributed by atoms with Crippen LogP contribution in [0.15, 0.2) is 48.5 Å². The van der Waals surface area contributed by atoms with Crippen molar-refractivity contribution in [1.82, 2.24) is 4.90 Å². The summed E-state index contributed by atoms with van der Waals surface area (Å²) in [6.45, 7) is 2.18. The number of carbonyl (C=O) groups is 2. The predicted molar refractivity (Wildman–Crippen MR) is 97.3 cm³/mol. The van der Waals surface area contributed by atoms with Crippen molar-refractivity contribution in [3.63, 3.8) is 0 Å². The lowest BCUT2D eigenvalue weighted by atomic mass is 10.1. The Kier molecular flexibility index (Phi) is 5.31. The Morgan fingerprint density at radius 3 is 2.18 bits per heavy atom. The quantitative estimate of drug-likeness (QED) is 0.802. The first-order chi connectivity index (χ1) is 13.2. The van der Waals surface area contributed by atoms with Gasteiger partial charge >= 0.3 is 6.18 Å². The first kappa shape index (κ1) is 19.7. The van der Waals surface area contributed by atoms with Crippen LogP contribution < -0.4 is 9.64 Å². The topological polar surface area (TPSA) is 49.9 Å². The van der Waals surface area contributed by atoms with E-state index in [1.807, 2.05) is 0 Å². The van der Waals surface area contributed by atoms with Gasteiger partial charge < -0.3 is 14.5 Å². The molecule has 1 heterocycles.